The summed E-state index contributed by atoms with van der Waals surface area (Å²) in [6.45, 7) is 4.51. The zero-order chi connectivity index (χ0) is 29.0. The standard InChI is InChI=1S/C29H29ClO9S/c1-15(31)35-14-24-27(36-16(2)32)29(38-18(4)34)28(37-17(3)33)26(39-24)20-9-10-23(30)21(11-20)13-22-12-19-7-5-6-8-25(19)40-22/h5-12,24,26-29H,13-14H2,1-4H3/t24?,26?,27-,28+,29+/m1/s1. The summed E-state index contributed by atoms with van der Waals surface area (Å²) in [5, 5.41) is 1.67. The van der Waals surface area contributed by atoms with Crippen molar-refractivity contribution in [1.82, 2.24) is 0 Å². The van der Waals surface area contributed by atoms with Crippen LogP contribution < -0.4 is 0 Å². The molecule has 0 amide bonds. The van der Waals surface area contributed by atoms with Crippen LogP contribution in [0.25, 0.3) is 10.1 Å². The van der Waals surface area contributed by atoms with Crippen molar-refractivity contribution in [3.63, 3.8) is 0 Å². The molecule has 1 aliphatic rings. The molecule has 0 aliphatic carbocycles. The van der Waals surface area contributed by atoms with Gasteiger partial charge in [-0.15, -0.1) is 11.3 Å². The maximum atomic E-state index is 12.2. The average Bonchev–Trinajstić information content (AvgIpc) is 3.28. The second-order valence-corrected chi connectivity index (χ2v) is 11.0. The van der Waals surface area contributed by atoms with Crippen molar-refractivity contribution in [2.24, 2.45) is 0 Å². The highest BCUT2D eigenvalue weighted by molar-refractivity contribution is 7.19. The van der Waals surface area contributed by atoms with Crippen LogP contribution in [0, 0.1) is 0 Å². The predicted octanol–water partition coefficient (Wildman–Crippen LogP) is 4.94. The zero-order valence-electron chi connectivity index (χ0n) is 22.4. The fourth-order valence-electron chi connectivity index (χ4n) is 4.72. The molecule has 0 saturated carbocycles. The minimum absolute atomic E-state index is 0.295. The zero-order valence-corrected chi connectivity index (χ0v) is 24.0. The Kier molecular flexibility index (Phi) is 9.44. The fourth-order valence-corrected chi connectivity index (χ4v) is 5.99. The van der Waals surface area contributed by atoms with Crippen molar-refractivity contribution >= 4 is 56.9 Å². The summed E-state index contributed by atoms with van der Waals surface area (Å²) in [7, 11) is 0. The first-order chi connectivity index (χ1) is 19.0. The summed E-state index contributed by atoms with van der Waals surface area (Å²) in [6.07, 6.45) is -5.11. The van der Waals surface area contributed by atoms with E-state index < -0.39 is 54.4 Å². The molecule has 40 heavy (non-hydrogen) atoms. The van der Waals surface area contributed by atoms with Crippen LogP contribution in [0.3, 0.4) is 0 Å². The normalized spacial score (nSPS) is 22.4. The van der Waals surface area contributed by atoms with Gasteiger partial charge in [-0.05, 0) is 34.7 Å². The number of halogens is 1. The van der Waals surface area contributed by atoms with Crippen LogP contribution in [-0.2, 0) is 49.3 Å². The van der Waals surface area contributed by atoms with Crippen LogP contribution in [0.2, 0.25) is 5.02 Å². The van der Waals surface area contributed by atoms with Crippen molar-refractivity contribution < 1.29 is 42.9 Å². The van der Waals surface area contributed by atoms with Gasteiger partial charge < -0.3 is 23.7 Å². The molecular weight excluding hydrogens is 560 g/mol. The topological polar surface area (TPSA) is 114 Å². The van der Waals surface area contributed by atoms with E-state index in [0.717, 1.165) is 20.5 Å². The molecule has 0 N–H and O–H groups in total. The molecule has 2 unspecified atom stereocenters. The molecule has 5 atom stereocenters. The Labute approximate surface area is 240 Å². The van der Waals surface area contributed by atoms with E-state index in [1.54, 1.807) is 23.5 Å². The first-order valence-corrected chi connectivity index (χ1v) is 13.8. The Morgan fingerprint density at radius 1 is 0.825 bits per heavy atom. The molecule has 11 heteroatoms. The molecule has 9 nitrogen and oxygen atoms in total. The number of hydrogen-bond acceptors (Lipinski definition) is 10. The minimum atomic E-state index is -1.24. The highest BCUT2D eigenvalue weighted by Crippen LogP contribution is 2.39. The van der Waals surface area contributed by atoms with Crippen LogP contribution in [0.1, 0.15) is 49.8 Å². The number of carbonyl (C=O) groups excluding carboxylic acids is 4. The van der Waals surface area contributed by atoms with E-state index in [4.69, 9.17) is 35.3 Å². The number of fused-ring (bicyclic) bond motifs is 1. The SMILES string of the molecule is CC(=O)OCC1OC(c2ccc(Cl)c(Cc3cc4ccccc4s3)c2)[C@H](OC(C)=O)[C@@H](OC(C)=O)[C@@H]1OC(C)=O. The smallest absolute Gasteiger partial charge is 0.303 e. The predicted molar refractivity (Wildman–Crippen MR) is 147 cm³/mol. The molecule has 1 aromatic heterocycles. The number of hydrogen-bond donors (Lipinski definition) is 0. The van der Waals surface area contributed by atoms with Gasteiger partial charge in [-0.3, -0.25) is 19.2 Å². The lowest BCUT2D eigenvalue weighted by atomic mass is 9.89. The van der Waals surface area contributed by atoms with Gasteiger partial charge in [0.15, 0.2) is 18.3 Å². The van der Waals surface area contributed by atoms with Crippen molar-refractivity contribution in [1.29, 1.82) is 0 Å². The van der Waals surface area contributed by atoms with E-state index >= 15 is 0 Å². The maximum absolute atomic E-state index is 12.2. The Hall–Kier alpha value is -3.47. The first kappa shape index (κ1) is 29.5. The summed E-state index contributed by atoms with van der Waals surface area (Å²) in [6, 6.07) is 15.5. The molecule has 1 saturated heterocycles. The number of thiophene rings is 1. The molecule has 4 rings (SSSR count). The molecule has 2 heterocycles. The van der Waals surface area contributed by atoms with Crippen molar-refractivity contribution in [2.45, 2.75) is 64.6 Å². The van der Waals surface area contributed by atoms with Gasteiger partial charge in [0, 0.05) is 48.7 Å². The quantitative estimate of drug-likeness (QED) is 0.266. The average molecular weight is 589 g/mol. The first-order valence-electron chi connectivity index (χ1n) is 12.6. The molecule has 3 aromatic rings. The molecule has 0 radical (unpaired) electrons. The van der Waals surface area contributed by atoms with Crippen LogP contribution in [0.4, 0.5) is 0 Å². The van der Waals surface area contributed by atoms with E-state index in [0.29, 0.717) is 17.0 Å². The Morgan fingerprint density at radius 2 is 1.48 bits per heavy atom. The van der Waals surface area contributed by atoms with E-state index in [2.05, 4.69) is 12.1 Å². The second kappa shape index (κ2) is 12.8. The van der Waals surface area contributed by atoms with Gasteiger partial charge in [-0.25, -0.2) is 0 Å². The van der Waals surface area contributed by atoms with Gasteiger partial charge in [0.05, 0.1) is 0 Å². The largest absolute Gasteiger partial charge is 0.463 e. The minimum Gasteiger partial charge on any atom is -0.463 e. The monoisotopic (exact) mass is 588 g/mol. The molecule has 0 bridgehead atoms. The van der Waals surface area contributed by atoms with Crippen molar-refractivity contribution in [2.75, 3.05) is 6.61 Å². The lowest BCUT2D eigenvalue weighted by Gasteiger charge is -2.44. The number of ether oxygens (including phenoxy) is 5. The number of esters is 4. The van der Waals surface area contributed by atoms with Crippen molar-refractivity contribution in [3.8, 4) is 0 Å². The summed E-state index contributed by atoms with van der Waals surface area (Å²) in [5.41, 5.74) is 1.39. The molecule has 212 valence electrons. The number of carbonyl (C=O) groups is 4. The van der Waals surface area contributed by atoms with Crippen LogP contribution in [0.5, 0.6) is 0 Å². The van der Waals surface area contributed by atoms with E-state index in [9.17, 15) is 19.2 Å². The van der Waals surface area contributed by atoms with Crippen LogP contribution in [-0.4, -0.2) is 54.9 Å². The third-order valence-electron chi connectivity index (χ3n) is 6.23. The van der Waals surface area contributed by atoms with Gasteiger partial charge in [-0.2, -0.15) is 0 Å². The summed E-state index contributed by atoms with van der Waals surface area (Å²) in [4.78, 5) is 49.0. The lowest BCUT2D eigenvalue weighted by Crippen LogP contribution is -2.59. The fraction of sp³-hybridized carbons (Fsp3) is 0.379. The van der Waals surface area contributed by atoms with E-state index in [1.165, 1.54) is 27.7 Å². The molecule has 2 aromatic carbocycles. The van der Waals surface area contributed by atoms with Gasteiger partial charge >= 0.3 is 23.9 Å². The second-order valence-electron chi connectivity index (χ2n) is 9.40. The van der Waals surface area contributed by atoms with Gasteiger partial charge in [0.2, 0.25) is 0 Å². The van der Waals surface area contributed by atoms with E-state index in [1.807, 2.05) is 24.3 Å². The number of rotatable bonds is 8. The van der Waals surface area contributed by atoms with E-state index in [-0.39, 0.29) is 6.61 Å². The lowest BCUT2D eigenvalue weighted by molar-refractivity contribution is -0.254. The Balaban J connectivity index is 1.74. The van der Waals surface area contributed by atoms with Gasteiger partial charge in [0.1, 0.15) is 18.8 Å². The molecule has 0 spiro atoms. The summed E-state index contributed by atoms with van der Waals surface area (Å²) < 4.78 is 29.2. The summed E-state index contributed by atoms with van der Waals surface area (Å²) >= 11 is 8.25. The Morgan fingerprint density at radius 3 is 2.12 bits per heavy atom. The summed E-state index contributed by atoms with van der Waals surface area (Å²) in [5.74, 6) is -2.61. The van der Waals surface area contributed by atoms with Crippen LogP contribution >= 0.6 is 22.9 Å². The van der Waals surface area contributed by atoms with Gasteiger partial charge in [-0.1, -0.05) is 41.9 Å². The van der Waals surface area contributed by atoms with Crippen molar-refractivity contribution in [3.05, 3.63) is 69.6 Å². The molecular formula is C29H29ClO9S. The molecule has 1 fully saturated rings. The Bertz CT molecular complexity index is 1380. The maximum Gasteiger partial charge on any atom is 0.303 e. The number of benzene rings is 2. The highest BCUT2D eigenvalue weighted by atomic mass is 35.5. The third-order valence-corrected chi connectivity index (χ3v) is 7.72. The third kappa shape index (κ3) is 7.18. The highest BCUT2D eigenvalue weighted by Gasteiger charge is 2.52. The molecule has 1 aliphatic heterocycles. The van der Waals surface area contributed by atoms with Crippen LogP contribution in [0.15, 0.2) is 48.5 Å². The van der Waals surface area contributed by atoms with Gasteiger partial charge in [0.25, 0.3) is 0 Å².